The molecule has 0 bridgehead atoms. The zero-order valence-electron chi connectivity index (χ0n) is 46.6. The standard InChI is InChI=1S/C60H46N4O.Pt/c1-40-17-14-18-41(2)58(40)44-29-32-53-52(35-44)51-31-30-48(38-56(51)64(53)57-36-45(33-34-61-57)60(3,4)5)65-47-24-15-23-46(37-47)62-39-63(55-28-13-12-27-54(55)62)59-49(42-19-8-6-9-20-42)25-16-26-50(59)43-21-10-7-11-22-43;/h6-36H,1-5H3;/q-2;/i6D,7D,8D,9D,10D,11D,19D,20D,21D,22D;. The van der Waals surface area contributed by atoms with E-state index < -0.39 is 60.4 Å². The molecule has 11 rings (SSSR count). The predicted molar refractivity (Wildman–Crippen MR) is 264 cm³/mol. The van der Waals surface area contributed by atoms with Crippen LogP contribution in [0.3, 0.4) is 0 Å². The van der Waals surface area contributed by atoms with Gasteiger partial charge < -0.3 is 13.9 Å². The molecular formula is C60H46N4OPt-2. The number of rotatable bonds is 8. The molecule has 0 fully saturated rings. The first-order chi connectivity index (χ1) is 35.8. The van der Waals surface area contributed by atoms with Gasteiger partial charge in [0.15, 0.2) is 0 Å². The van der Waals surface area contributed by atoms with Crippen molar-refractivity contribution in [2.45, 2.75) is 40.0 Å². The van der Waals surface area contributed by atoms with E-state index in [9.17, 15) is 0 Å². The SMILES string of the molecule is [2H]c1c([2H])c([2H])c(-c2cccc(-c3c([2H])c([2H])c([2H])c([2H])c3[2H])c2-[n+]2[c-]n(-c3[c-]c(Oc4[c-]c5c(cc4)c4cc(-c6c(C)cccc6C)ccc4n5-c4cc(C(C)(C)C)ccn4)ccc3)c3ccccc32)c([2H])c1[2H].[Pt]. The Balaban J connectivity index is 0.00000657. The van der Waals surface area contributed by atoms with Crippen LogP contribution in [0.4, 0.5) is 0 Å². The Morgan fingerprint density at radius 3 is 2.00 bits per heavy atom. The second-order valence-electron chi connectivity index (χ2n) is 17.0. The van der Waals surface area contributed by atoms with E-state index in [1.165, 1.54) is 16.7 Å². The van der Waals surface area contributed by atoms with Gasteiger partial charge in [0.1, 0.15) is 5.82 Å². The molecule has 0 saturated heterocycles. The molecule has 0 spiro atoms. The first-order valence-electron chi connectivity index (χ1n) is 26.3. The number of pyridine rings is 1. The number of benzene rings is 8. The summed E-state index contributed by atoms with van der Waals surface area (Å²) in [6.45, 7) is 10.8. The number of fused-ring (bicyclic) bond motifs is 4. The van der Waals surface area contributed by atoms with Gasteiger partial charge in [0.25, 0.3) is 6.33 Å². The van der Waals surface area contributed by atoms with Gasteiger partial charge in [-0.25, -0.2) is 4.98 Å². The van der Waals surface area contributed by atoms with Gasteiger partial charge in [-0.2, -0.15) is 18.2 Å². The summed E-state index contributed by atoms with van der Waals surface area (Å²) in [7, 11) is 0. The average Bonchev–Trinajstić information content (AvgIpc) is 4.07. The predicted octanol–water partition coefficient (Wildman–Crippen LogP) is 14.5. The number of para-hydroxylation sites is 3. The topological polar surface area (TPSA) is 35.9 Å². The molecule has 3 aromatic heterocycles. The normalized spacial score (nSPS) is 13.7. The third-order valence-corrected chi connectivity index (χ3v) is 11.8. The number of aromatic nitrogens is 4. The number of hydrogen-bond donors (Lipinski definition) is 0. The van der Waals surface area contributed by atoms with E-state index in [1.807, 2.05) is 60.8 Å². The number of nitrogens with zero attached hydrogens (tertiary/aromatic N) is 4. The maximum atomic E-state index is 9.04. The maximum Gasteiger partial charge on any atom is 0.268 e. The molecule has 6 heteroatoms. The summed E-state index contributed by atoms with van der Waals surface area (Å²) in [5.41, 5.74) is 9.22. The van der Waals surface area contributed by atoms with Crippen LogP contribution in [0.25, 0.3) is 83.4 Å². The molecule has 0 atom stereocenters. The third kappa shape index (κ3) is 7.63. The molecular weight excluding hydrogens is 988 g/mol. The first-order valence-corrected chi connectivity index (χ1v) is 21.3. The second-order valence-corrected chi connectivity index (χ2v) is 17.0. The van der Waals surface area contributed by atoms with Crippen LogP contribution in [0.1, 0.15) is 51.2 Å². The molecule has 0 saturated carbocycles. The first kappa shape index (κ1) is 32.3. The van der Waals surface area contributed by atoms with Crippen LogP contribution in [0.15, 0.2) is 188 Å². The van der Waals surface area contributed by atoms with Gasteiger partial charge in [0.05, 0.1) is 30.4 Å². The number of aryl methyl sites for hydroxylation is 2. The molecule has 5 nitrogen and oxygen atoms in total. The number of imidazole rings is 1. The van der Waals surface area contributed by atoms with Gasteiger partial charge in [0, 0.05) is 44.3 Å². The molecule has 0 N–H and O–H groups in total. The Labute approximate surface area is 414 Å². The van der Waals surface area contributed by atoms with Crippen molar-refractivity contribution in [3.63, 3.8) is 0 Å². The monoisotopic (exact) mass is 1040 g/mol. The van der Waals surface area contributed by atoms with Gasteiger partial charge in [-0.1, -0.05) is 160 Å². The quantitative estimate of drug-likeness (QED) is 0.112. The van der Waals surface area contributed by atoms with Crippen molar-refractivity contribution in [2.24, 2.45) is 0 Å². The molecule has 11 aromatic rings. The summed E-state index contributed by atoms with van der Waals surface area (Å²) in [5.74, 6) is 1.53. The minimum Gasteiger partial charge on any atom is -0.510 e. The molecule has 3 heterocycles. The number of hydrogen-bond acceptors (Lipinski definition) is 2. The van der Waals surface area contributed by atoms with Crippen LogP contribution in [0.2, 0.25) is 0 Å². The Morgan fingerprint density at radius 2 is 1.29 bits per heavy atom. The molecule has 0 aliphatic carbocycles. The van der Waals surface area contributed by atoms with Crippen LogP contribution in [0, 0.1) is 32.3 Å². The van der Waals surface area contributed by atoms with Crippen LogP contribution in [0.5, 0.6) is 11.5 Å². The Bertz CT molecular complexity index is 4030. The molecule has 0 aliphatic rings. The van der Waals surface area contributed by atoms with Gasteiger partial charge in [0.2, 0.25) is 0 Å². The van der Waals surface area contributed by atoms with Crippen LogP contribution in [-0.2, 0) is 26.5 Å². The van der Waals surface area contributed by atoms with Crippen molar-refractivity contribution >= 4 is 32.8 Å². The van der Waals surface area contributed by atoms with Crippen molar-refractivity contribution < 1.29 is 44.1 Å². The fourth-order valence-corrected chi connectivity index (χ4v) is 8.76. The largest absolute Gasteiger partial charge is 0.510 e. The van der Waals surface area contributed by atoms with Gasteiger partial charge >= 0.3 is 0 Å². The van der Waals surface area contributed by atoms with Crippen molar-refractivity contribution in [1.29, 1.82) is 0 Å². The molecule has 66 heavy (non-hydrogen) atoms. The molecule has 8 aromatic carbocycles. The summed E-state index contributed by atoms with van der Waals surface area (Å²) in [6, 6.07) is 40.2. The van der Waals surface area contributed by atoms with E-state index in [4.69, 9.17) is 23.4 Å². The summed E-state index contributed by atoms with van der Waals surface area (Å²) in [5, 5.41) is 2.01. The van der Waals surface area contributed by atoms with Gasteiger partial charge in [-0.05, 0) is 98.6 Å². The molecule has 0 aliphatic heterocycles. The van der Waals surface area contributed by atoms with Crippen molar-refractivity contribution in [1.82, 2.24) is 14.1 Å². The average molecular weight is 1040 g/mol. The van der Waals surface area contributed by atoms with E-state index in [2.05, 4.69) is 100 Å². The van der Waals surface area contributed by atoms with Crippen LogP contribution in [-0.4, -0.2) is 14.1 Å². The van der Waals surface area contributed by atoms with E-state index in [-0.39, 0.29) is 54.4 Å². The Hall–Kier alpha value is -7.33. The van der Waals surface area contributed by atoms with Gasteiger partial charge in [-0.3, -0.25) is 4.57 Å². The van der Waals surface area contributed by atoms with Crippen molar-refractivity contribution in [3.05, 3.63) is 223 Å². The van der Waals surface area contributed by atoms with Crippen molar-refractivity contribution in [2.75, 3.05) is 0 Å². The third-order valence-electron chi connectivity index (χ3n) is 11.8. The van der Waals surface area contributed by atoms with E-state index in [0.717, 1.165) is 38.8 Å². The van der Waals surface area contributed by atoms with E-state index in [1.54, 1.807) is 33.4 Å². The molecule has 0 radical (unpaired) electrons. The van der Waals surface area contributed by atoms with Crippen LogP contribution >= 0.6 is 0 Å². The zero-order chi connectivity index (χ0) is 52.9. The molecule has 0 unspecified atom stereocenters. The summed E-state index contributed by atoms with van der Waals surface area (Å²) in [4.78, 5) is 4.90. The second kappa shape index (κ2) is 17.2. The summed E-state index contributed by atoms with van der Waals surface area (Å²) in [6.07, 6.45) is 5.26. The van der Waals surface area contributed by atoms with Gasteiger partial charge in [-0.15, -0.1) is 29.7 Å². The number of ether oxygens (including phenoxy) is 1. The fourth-order valence-electron chi connectivity index (χ4n) is 8.76. The van der Waals surface area contributed by atoms with Crippen LogP contribution < -0.4 is 9.30 Å². The minimum absolute atomic E-state index is 0. The molecule has 324 valence electrons. The summed E-state index contributed by atoms with van der Waals surface area (Å²) >= 11 is 0. The van der Waals surface area contributed by atoms with E-state index in [0.29, 0.717) is 28.2 Å². The Morgan fingerprint density at radius 1 is 0.621 bits per heavy atom. The maximum absolute atomic E-state index is 9.04. The smallest absolute Gasteiger partial charge is 0.268 e. The molecule has 0 amide bonds. The fraction of sp³-hybridized carbons (Fsp3) is 0.100. The zero-order valence-corrected chi connectivity index (χ0v) is 38.9. The summed E-state index contributed by atoms with van der Waals surface area (Å²) < 4.78 is 99.3. The minimum atomic E-state index is -0.573. The van der Waals surface area contributed by atoms with Crippen molar-refractivity contribution in [3.8, 4) is 62.1 Å². The van der Waals surface area contributed by atoms with E-state index >= 15 is 0 Å². The Kier molecular flexibility index (Phi) is 8.44.